The van der Waals surface area contributed by atoms with Crippen LogP contribution in [0, 0.1) is 17.5 Å². The third-order valence-electron chi connectivity index (χ3n) is 2.72. The number of halogens is 4. The monoisotopic (exact) mass is 286 g/mol. The molecule has 2 nitrogen and oxygen atoms in total. The van der Waals surface area contributed by atoms with Crippen molar-refractivity contribution in [2.24, 2.45) is 5.84 Å². The summed E-state index contributed by atoms with van der Waals surface area (Å²) in [7, 11) is 0. The van der Waals surface area contributed by atoms with E-state index >= 15 is 0 Å². The summed E-state index contributed by atoms with van der Waals surface area (Å²) in [6, 6.07) is 6.67. The maximum Gasteiger partial charge on any atom is 0.134 e. The molecule has 100 valence electrons. The highest BCUT2D eigenvalue weighted by atomic mass is 35.5. The maximum atomic E-state index is 13.7. The highest BCUT2D eigenvalue weighted by molar-refractivity contribution is 6.31. The average molecular weight is 287 g/mol. The minimum absolute atomic E-state index is 0.300. The van der Waals surface area contributed by atoms with Crippen molar-refractivity contribution in [1.29, 1.82) is 0 Å². The first-order valence-corrected chi connectivity index (χ1v) is 5.77. The molecule has 2 rings (SSSR count). The van der Waals surface area contributed by atoms with Crippen molar-refractivity contribution in [3.8, 4) is 0 Å². The molecule has 0 amide bonds. The number of rotatable bonds is 3. The molecule has 0 aliphatic heterocycles. The van der Waals surface area contributed by atoms with E-state index in [2.05, 4.69) is 5.43 Å². The zero-order valence-electron chi connectivity index (χ0n) is 9.63. The Morgan fingerprint density at radius 1 is 1.05 bits per heavy atom. The highest BCUT2D eigenvalue weighted by Gasteiger charge is 2.23. The number of nitrogens with two attached hydrogens (primary N) is 1. The molecule has 6 heteroatoms. The lowest BCUT2D eigenvalue weighted by atomic mass is 9.98. The molecule has 1 unspecified atom stereocenters. The molecule has 0 aliphatic carbocycles. The molecule has 0 radical (unpaired) electrons. The molecule has 2 aromatic rings. The minimum atomic E-state index is -1.03. The summed E-state index contributed by atoms with van der Waals surface area (Å²) in [5.74, 6) is 2.30. The Morgan fingerprint density at radius 3 is 2.16 bits per heavy atom. The Morgan fingerprint density at radius 2 is 1.63 bits per heavy atom. The molecule has 0 aliphatic rings. The van der Waals surface area contributed by atoms with Crippen LogP contribution in [-0.4, -0.2) is 0 Å². The number of hydrogen-bond donors (Lipinski definition) is 2. The van der Waals surface area contributed by atoms with Crippen molar-refractivity contribution in [2.75, 3.05) is 0 Å². The molecule has 0 heterocycles. The van der Waals surface area contributed by atoms with Crippen LogP contribution in [0.4, 0.5) is 13.2 Å². The number of hydrazine groups is 1. The fourth-order valence-corrected chi connectivity index (χ4v) is 2.11. The van der Waals surface area contributed by atoms with Gasteiger partial charge in [0.05, 0.1) is 6.04 Å². The van der Waals surface area contributed by atoms with Crippen LogP contribution in [0.1, 0.15) is 17.2 Å². The van der Waals surface area contributed by atoms with E-state index in [4.69, 9.17) is 17.4 Å². The number of hydrogen-bond acceptors (Lipinski definition) is 2. The van der Waals surface area contributed by atoms with Crippen LogP contribution in [0.25, 0.3) is 0 Å². The lowest BCUT2D eigenvalue weighted by Gasteiger charge is -2.19. The second-order valence-electron chi connectivity index (χ2n) is 3.90. The summed E-state index contributed by atoms with van der Waals surface area (Å²) in [5.41, 5.74) is 2.31. The van der Waals surface area contributed by atoms with Gasteiger partial charge in [0.25, 0.3) is 0 Å². The Bertz CT molecular complexity index is 581. The summed E-state index contributed by atoms with van der Waals surface area (Å²) >= 11 is 5.97. The second kappa shape index (κ2) is 5.61. The third-order valence-corrected chi connectivity index (χ3v) is 3.06. The zero-order chi connectivity index (χ0) is 14.0. The van der Waals surface area contributed by atoms with E-state index in [0.717, 1.165) is 0 Å². The van der Waals surface area contributed by atoms with Crippen LogP contribution in [0.3, 0.4) is 0 Å². The van der Waals surface area contributed by atoms with Crippen LogP contribution < -0.4 is 11.3 Å². The van der Waals surface area contributed by atoms with E-state index in [1.54, 1.807) is 24.3 Å². The van der Waals surface area contributed by atoms with Gasteiger partial charge in [0, 0.05) is 22.7 Å². The van der Waals surface area contributed by atoms with E-state index in [9.17, 15) is 13.2 Å². The van der Waals surface area contributed by atoms with Gasteiger partial charge < -0.3 is 0 Å². The fourth-order valence-electron chi connectivity index (χ4n) is 1.87. The zero-order valence-corrected chi connectivity index (χ0v) is 10.4. The average Bonchev–Trinajstić information content (AvgIpc) is 2.34. The number of benzene rings is 2. The quantitative estimate of drug-likeness (QED) is 0.671. The van der Waals surface area contributed by atoms with Crippen molar-refractivity contribution in [3.05, 3.63) is 70.0 Å². The molecule has 1 atom stereocenters. The van der Waals surface area contributed by atoms with E-state index in [0.29, 0.717) is 22.7 Å². The first kappa shape index (κ1) is 13.9. The molecule has 0 spiro atoms. The standard InChI is InChI=1S/C13H10ClF3N2/c14-9-4-2-1-3-8(9)13(19-18)12-10(16)5-7(15)6-11(12)17/h1-6,13,19H,18H2. The predicted octanol–water partition coefficient (Wildman–Crippen LogP) is 3.31. The normalized spacial score (nSPS) is 12.5. The fraction of sp³-hybridized carbons (Fsp3) is 0.0769. The SMILES string of the molecule is NNC(c1ccccc1Cl)c1c(F)cc(F)cc1F. The largest absolute Gasteiger partial charge is 0.271 e. The Labute approximate surface area is 113 Å². The Hall–Kier alpha value is -1.56. The van der Waals surface area contributed by atoms with Gasteiger partial charge in [-0.2, -0.15) is 0 Å². The predicted molar refractivity (Wildman–Crippen MR) is 66.9 cm³/mol. The summed E-state index contributed by atoms with van der Waals surface area (Å²) < 4.78 is 40.4. The smallest absolute Gasteiger partial charge is 0.134 e. The summed E-state index contributed by atoms with van der Waals surface area (Å²) in [6.07, 6.45) is 0. The first-order chi connectivity index (χ1) is 9.04. The van der Waals surface area contributed by atoms with E-state index in [-0.39, 0.29) is 5.56 Å². The molecule has 3 N–H and O–H groups in total. The van der Waals surface area contributed by atoms with Gasteiger partial charge in [-0.25, -0.2) is 18.6 Å². The van der Waals surface area contributed by atoms with Gasteiger partial charge in [-0.3, -0.25) is 5.84 Å². The van der Waals surface area contributed by atoms with Crippen LogP contribution >= 0.6 is 11.6 Å². The van der Waals surface area contributed by atoms with Crippen LogP contribution in [0.2, 0.25) is 5.02 Å². The highest BCUT2D eigenvalue weighted by Crippen LogP contribution is 2.31. The van der Waals surface area contributed by atoms with Crippen LogP contribution in [-0.2, 0) is 0 Å². The second-order valence-corrected chi connectivity index (χ2v) is 4.31. The van der Waals surface area contributed by atoms with Gasteiger partial charge in [-0.15, -0.1) is 0 Å². The van der Waals surface area contributed by atoms with Crippen molar-refractivity contribution in [1.82, 2.24) is 5.43 Å². The van der Waals surface area contributed by atoms with Gasteiger partial charge in [-0.1, -0.05) is 29.8 Å². The van der Waals surface area contributed by atoms with Gasteiger partial charge in [0.2, 0.25) is 0 Å². The Kier molecular flexibility index (Phi) is 4.09. The number of nitrogens with one attached hydrogen (secondary N) is 1. The molecule has 0 saturated carbocycles. The molecular weight excluding hydrogens is 277 g/mol. The van der Waals surface area contributed by atoms with Crippen molar-refractivity contribution in [3.63, 3.8) is 0 Å². The van der Waals surface area contributed by atoms with Gasteiger partial charge >= 0.3 is 0 Å². The van der Waals surface area contributed by atoms with Crippen molar-refractivity contribution in [2.45, 2.75) is 6.04 Å². The first-order valence-electron chi connectivity index (χ1n) is 5.39. The summed E-state index contributed by atoms with van der Waals surface area (Å²) in [6.45, 7) is 0. The van der Waals surface area contributed by atoms with E-state index < -0.39 is 23.5 Å². The molecule has 0 saturated heterocycles. The summed E-state index contributed by atoms with van der Waals surface area (Å²) in [5, 5.41) is 0.300. The van der Waals surface area contributed by atoms with Crippen LogP contribution in [0.15, 0.2) is 36.4 Å². The molecule has 0 bridgehead atoms. The molecule has 2 aromatic carbocycles. The third kappa shape index (κ3) is 2.73. The van der Waals surface area contributed by atoms with Crippen molar-refractivity contribution < 1.29 is 13.2 Å². The van der Waals surface area contributed by atoms with Gasteiger partial charge in [0.1, 0.15) is 17.5 Å². The molecule has 0 fully saturated rings. The van der Waals surface area contributed by atoms with Gasteiger partial charge in [0.15, 0.2) is 0 Å². The van der Waals surface area contributed by atoms with Gasteiger partial charge in [-0.05, 0) is 11.6 Å². The van der Waals surface area contributed by atoms with Crippen molar-refractivity contribution >= 4 is 11.6 Å². The lowest BCUT2D eigenvalue weighted by Crippen LogP contribution is -2.30. The molecule has 0 aromatic heterocycles. The molecule has 19 heavy (non-hydrogen) atoms. The summed E-state index contributed by atoms with van der Waals surface area (Å²) in [4.78, 5) is 0. The molecular formula is C13H10ClF3N2. The van der Waals surface area contributed by atoms with Crippen LogP contribution in [0.5, 0.6) is 0 Å². The van der Waals surface area contributed by atoms with E-state index in [1.807, 2.05) is 0 Å². The lowest BCUT2D eigenvalue weighted by molar-refractivity contribution is 0.492. The Balaban J connectivity index is 2.58. The van der Waals surface area contributed by atoms with E-state index in [1.165, 1.54) is 0 Å². The minimum Gasteiger partial charge on any atom is -0.271 e. The maximum absolute atomic E-state index is 13.7. The topological polar surface area (TPSA) is 38.0 Å².